The van der Waals surface area contributed by atoms with Gasteiger partial charge >= 0.3 is 0 Å². The highest BCUT2D eigenvalue weighted by atomic mass is 32.1. The highest BCUT2D eigenvalue weighted by molar-refractivity contribution is 7.09. The number of amides is 1. The van der Waals surface area contributed by atoms with E-state index >= 15 is 0 Å². The maximum atomic E-state index is 12.5. The summed E-state index contributed by atoms with van der Waals surface area (Å²) in [4.78, 5) is 18.1. The van der Waals surface area contributed by atoms with Crippen LogP contribution in [0.15, 0.2) is 60.1 Å². The van der Waals surface area contributed by atoms with E-state index in [0.29, 0.717) is 0 Å². The molecule has 0 saturated carbocycles. The van der Waals surface area contributed by atoms with Crippen molar-refractivity contribution in [3.05, 3.63) is 70.7 Å². The number of benzene rings is 2. The first-order chi connectivity index (χ1) is 12.3. The van der Waals surface area contributed by atoms with Gasteiger partial charge in [-0.2, -0.15) is 0 Å². The molecular formula is C20H18N2O2S. The Balaban J connectivity index is 1.37. The number of anilines is 1. The summed E-state index contributed by atoms with van der Waals surface area (Å²) in [5, 5.41) is 3.02. The summed E-state index contributed by atoms with van der Waals surface area (Å²) in [6, 6.07) is 17.1. The lowest BCUT2D eigenvalue weighted by Crippen LogP contribution is -2.27. The summed E-state index contributed by atoms with van der Waals surface area (Å²) in [7, 11) is 0. The zero-order chi connectivity index (χ0) is 17.1. The molecule has 1 atom stereocenters. The molecule has 5 heteroatoms. The minimum Gasteiger partial charge on any atom is -0.457 e. The number of aryl methyl sites for hydroxylation is 1. The lowest BCUT2D eigenvalue weighted by atomic mass is 9.90. The summed E-state index contributed by atoms with van der Waals surface area (Å²) in [6.07, 6.45) is 2.54. The van der Waals surface area contributed by atoms with Gasteiger partial charge in [-0.1, -0.05) is 18.2 Å². The first-order valence-corrected chi connectivity index (χ1v) is 9.21. The molecule has 1 amide bonds. The second-order valence-corrected chi connectivity index (χ2v) is 7.03. The quantitative estimate of drug-likeness (QED) is 0.743. The van der Waals surface area contributed by atoms with E-state index in [9.17, 15) is 4.79 Å². The molecular weight excluding hydrogens is 332 g/mol. The predicted molar refractivity (Wildman–Crippen MR) is 99.2 cm³/mol. The van der Waals surface area contributed by atoms with Gasteiger partial charge in [0.1, 0.15) is 11.5 Å². The van der Waals surface area contributed by atoms with Crippen molar-refractivity contribution >= 4 is 22.9 Å². The number of hydrogen-bond acceptors (Lipinski definition) is 4. The second kappa shape index (κ2) is 7.07. The van der Waals surface area contributed by atoms with Crippen LogP contribution in [0.2, 0.25) is 0 Å². The zero-order valence-electron chi connectivity index (χ0n) is 13.6. The third kappa shape index (κ3) is 3.72. The Kier molecular flexibility index (Phi) is 4.48. The van der Waals surface area contributed by atoms with Gasteiger partial charge in [0.05, 0.1) is 11.2 Å². The molecule has 0 fully saturated rings. The summed E-state index contributed by atoms with van der Waals surface area (Å²) >= 11 is 1.65. The van der Waals surface area contributed by atoms with Crippen molar-refractivity contribution in [3.8, 4) is 11.5 Å². The van der Waals surface area contributed by atoms with Gasteiger partial charge in [-0.15, -0.1) is 11.3 Å². The summed E-state index contributed by atoms with van der Waals surface area (Å²) in [5.74, 6) is 1.64. The monoisotopic (exact) mass is 350 g/mol. The molecule has 4 rings (SSSR count). The van der Waals surface area contributed by atoms with Gasteiger partial charge < -0.3 is 10.1 Å². The summed E-state index contributed by atoms with van der Waals surface area (Å²) in [6.45, 7) is 0. The fourth-order valence-electron chi connectivity index (χ4n) is 3.00. The van der Waals surface area contributed by atoms with E-state index in [2.05, 4.69) is 10.3 Å². The zero-order valence-corrected chi connectivity index (χ0v) is 14.5. The number of nitrogens with one attached hydrogen (secondary N) is 1. The molecule has 1 aromatic heterocycles. The Morgan fingerprint density at radius 2 is 1.84 bits per heavy atom. The van der Waals surface area contributed by atoms with Crippen LogP contribution in [0.25, 0.3) is 0 Å². The van der Waals surface area contributed by atoms with E-state index in [0.717, 1.165) is 42.1 Å². The maximum Gasteiger partial charge on any atom is 0.227 e. The van der Waals surface area contributed by atoms with Gasteiger partial charge in [0.2, 0.25) is 5.91 Å². The van der Waals surface area contributed by atoms with E-state index < -0.39 is 0 Å². The number of thiazole rings is 1. The molecule has 0 radical (unpaired) electrons. The average Bonchev–Trinajstić information content (AvgIpc) is 3.12. The Morgan fingerprint density at radius 1 is 1.08 bits per heavy atom. The van der Waals surface area contributed by atoms with Gasteiger partial charge in [-0.3, -0.25) is 4.79 Å². The van der Waals surface area contributed by atoms with Crippen molar-refractivity contribution in [2.45, 2.75) is 19.3 Å². The van der Waals surface area contributed by atoms with Crippen LogP contribution in [0.4, 0.5) is 5.69 Å². The Bertz CT molecular complexity index is 859. The SMILES string of the molecule is O=C(Nc1ccc(Oc2ccccc2)cc1)C1CCc2ncsc2C1. The number of rotatable bonds is 4. The highest BCUT2D eigenvalue weighted by Gasteiger charge is 2.26. The number of ether oxygens (including phenoxy) is 1. The molecule has 3 aromatic rings. The smallest absolute Gasteiger partial charge is 0.227 e. The molecule has 1 aliphatic rings. The van der Waals surface area contributed by atoms with Crippen LogP contribution in [-0.4, -0.2) is 10.9 Å². The fourth-order valence-corrected chi connectivity index (χ4v) is 3.89. The third-order valence-corrected chi connectivity index (χ3v) is 5.26. The van der Waals surface area contributed by atoms with Crippen molar-refractivity contribution in [1.82, 2.24) is 4.98 Å². The molecule has 2 aromatic carbocycles. The minimum absolute atomic E-state index is 0.0215. The van der Waals surface area contributed by atoms with Crippen molar-refractivity contribution < 1.29 is 9.53 Å². The van der Waals surface area contributed by atoms with E-state index in [-0.39, 0.29) is 11.8 Å². The molecule has 0 saturated heterocycles. The van der Waals surface area contributed by atoms with Crippen LogP contribution in [0.5, 0.6) is 11.5 Å². The first kappa shape index (κ1) is 15.8. The topological polar surface area (TPSA) is 51.2 Å². The second-order valence-electron chi connectivity index (χ2n) is 6.09. The molecule has 0 aliphatic heterocycles. The fraction of sp³-hybridized carbons (Fsp3) is 0.200. The molecule has 1 heterocycles. The molecule has 1 N–H and O–H groups in total. The third-order valence-electron chi connectivity index (χ3n) is 4.36. The van der Waals surface area contributed by atoms with E-state index in [1.807, 2.05) is 60.1 Å². The van der Waals surface area contributed by atoms with Crippen molar-refractivity contribution in [2.24, 2.45) is 5.92 Å². The number of fused-ring (bicyclic) bond motifs is 1. The predicted octanol–water partition coefficient (Wildman–Crippen LogP) is 4.68. The maximum absolute atomic E-state index is 12.5. The molecule has 126 valence electrons. The van der Waals surface area contributed by atoms with Crippen molar-refractivity contribution in [3.63, 3.8) is 0 Å². The molecule has 25 heavy (non-hydrogen) atoms. The lowest BCUT2D eigenvalue weighted by molar-refractivity contribution is -0.120. The number of aromatic nitrogens is 1. The molecule has 1 unspecified atom stereocenters. The van der Waals surface area contributed by atoms with Gasteiger partial charge in [0.15, 0.2) is 0 Å². The van der Waals surface area contributed by atoms with Crippen LogP contribution >= 0.6 is 11.3 Å². The van der Waals surface area contributed by atoms with Crippen LogP contribution in [0.1, 0.15) is 17.0 Å². The van der Waals surface area contributed by atoms with Gasteiger partial charge in [0, 0.05) is 16.5 Å². The minimum atomic E-state index is 0.0215. The van der Waals surface area contributed by atoms with E-state index in [1.165, 1.54) is 4.88 Å². The van der Waals surface area contributed by atoms with E-state index in [1.54, 1.807) is 11.3 Å². The number of carbonyl (C=O) groups is 1. The Hall–Kier alpha value is -2.66. The summed E-state index contributed by atoms with van der Waals surface area (Å²) < 4.78 is 5.77. The molecule has 0 bridgehead atoms. The van der Waals surface area contributed by atoms with Crippen LogP contribution in [0.3, 0.4) is 0 Å². The number of nitrogens with zero attached hydrogens (tertiary/aromatic N) is 1. The van der Waals surface area contributed by atoms with Gasteiger partial charge in [-0.05, 0) is 55.7 Å². The van der Waals surface area contributed by atoms with Crippen LogP contribution in [0, 0.1) is 5.92 Å². The number of carbonyl (C=O) groups excluding carboxylic acids is 1. The number of para-hydroxylation sites is 1. The van der Waals surface area contributed by atoms with Crippen molar-refractivity contribution in [2.75, 3.05) is 5.32 Å². The van der Waals surface area contributed by atoms with Crippen LogP contribution in [-0.2, 0) is 17.6 Å². The average molecular weight is 350 g/mol. The molecule has 1 aliphatic carbocycles. The molecule has 0 spiro atoms. The number of hydrogen-bond donors (Lipinski definition) is 1. The van der Waals surface area contributed by atoms with Gasteiger partial charge in [-0.25, -0.2) is 4.98 Å². The first-order valence-electron chi connectivity index (χ1n) is 8.33. The van der Waals surface area contributed by atoms with Gasteiger partial charge in [0.25, 0.3) is 0 Å². The standard InChI is InChI=1S/C20H18N2O2S/c23-20(14-6-11-18-19(12-14)25-13-21-18)22-15-7-9-17(10-8-15)24-16-4-2-1-3-5-16/h1-5,7-10,13-14H,6,11-12H2,(H,22,23). The highest BCUT2D eigenvalue weighted by Crippen LogP contribution is 2.29. The molecule has 4 nitrogen and oxygen atoms in total. The Labute approximate surface area is 150 Å². The normalized spacial score (nSPS) is 16.1. The van der Waals surface area contributed by atoms with Crippen LogP contribution < -0.4 is 10.1 Å². The van der Waals surface area contributed by atoms with E-state index in [4.69, 9.17) is 4.74 Å². The lowest BCUT2D eigenvalue weighted by Gasteiger charge is -2.20. The largest absolute Gasteiger partial charge is 0.457 e. The van der Waals surface area contributed by atoms with Crippen molar-refractivity contribution in [1.29, 1.82) is 0 Å². The Morgan fingerprint density at radius 3 is 2.64 bits per heavy atom. The summed E-state index contributed by atoms with van der Waals surface area (Å²) in [5.41, 5.74) is 3.83.